The Hall–Kier alpha value is -1.65. The van der Waals surface area contributed by atoms with Gasteiger partial charge in [0.25, 0.3) is 0 Å². The van der Waals surface area contributed by atoms with E-state index in [9.17, 15) is 0 Å². The second-order valence-corrected chi connectivity index (χ2v) is 6.89. The lowest BCUT2D eigenvalue weighted by Gasteiger charge is -2.42. The molecule has 0 spiro atoms. The van der Waals surface area contributed by atoms with Crippen molar-refractivity contribution in [2.45, 2.75) is 26.4 Å². The zero-order valence-electron chi connectivity index (χ0n) is 14.6. The first kappa shape index (κ1) is 16.2. The van der Waals surface area contributed by atoms with E-state index in [0.29, 0.717) is 12.0 Å². The molecule has 1 aromatic carbocycles. The van der Waals surface area contributed by atoms with Crippen molar-refractivity contribution in [2.75, 3.05) is 33.8 Å². The molecule has 0 unspecified atom stereocenters. The molecule has 0 N–H and O–H groups in total. The van der Waals surface area contributed by atoms with Crippen molar-refractivity contribution in [1.29, 1.82) is 0 Å². The summed E-state index contributed by atoms with van der Waals surface area (Å²) < 4.78 is 5.56. The van der Waals surface area contributed by atoms with E-state index in [1.165, 1.54) is 10.9 Å². The Morgan fingerprint density at radius 3 is 2.78 bits per heavy atom. The zero-order chi connectivity index (χ0) is 16.4. The Morgan fingerprint density at radius 1 is 1.26 bits per heavy atom. The van der Waals surface area contributed by atoms with Crippen LogP contribution in [0.4, 0.5) is 0 Å². The third kappa shape index (κ3) is 3.48. The summed E-state index contributed by atoms with van der Waals surface area (Å²) in [7, 11) is 3.93. The molecule has 4 heteroatoms. The van der Waals surface area contributed by atoms with Gasteiger partial charge in [-0.2, -0.15) is 0 Å². The molecule has 124 valence electrons. The summed E-state index contributed by atoms with van der Waals surface area (Å²) in [6, 6.07) is 11.0. The first-order valence-corrected chi connectivity index (χ1v) is 8.43. The number of pyridine rings is 1. The molecule has 1 aliphatic heterocycles. The Kier molecular flexibility index (Phi) is 4.83. The molecule has 1 aliphatic rings. The highest BCUT2D eigenvalue weighted by Gasteiger charge is 2.28. The molecule has 2 aromatic rings. The molecule has 3 rings (SSSR count). The Balaban J connectivity index is 1.90. The first-order valence-electron chi connectivity index (χ1n) is 8.43. The minimum atomic E-state index is 0.574. The SMILES string of the molecule is COc1nc2ccccc2cc1CN1CCN(C)C[C@H]1C(C)C. The second-order valence-electron chi connectivity index (χ2n) is 6.89. The molecule has 0 bridgehead atoms. The van der Waals surface area contributed by atoms with E-state index in [2.05, 4.69) is 53.9 Å². The molecular weight excluding hydrogens is 286 g/mol. The summed E-state index contributed by atoms with van der Waals surface area (Å²) in [6.07, 6.45) is 0. The fourth-order valence-electron chi connectivity index (χ4n) is 3.47. The van der Waals surface area contributed by atoms with Crippen LogP contribution in [-0.4, -0.2) is 54.6 Å². The molecular formula is C19H27N3O. The number of nitrogens with zero attached hydrogens (tertiary/aromatic N) is 3. The monoisotopic (exact) mass is 313 g/mol. The normalized spacial score (nSPS) is 20.3. The molecule has 4 nitrogen and oxygen atoms in total. The maximum Gasteiger partial charge on any atom is 0.218 e. The number of piperazine rings is 1. The molecule has 0 amide bonds. The van der Waals surface area contributed by atoms with Gasteiger partial charge < -0.3 is 9.64 Å². The first-order chi connectivity index (χ1) is 11.1. The lowest BCUT2D eigenvalue weighted by Crippen LogP contribution is -2.53. The Bertz CT molecular complexity index is 671. The van der Waals surface area contributed by atoms with Crippen LogP contribution in [0, 0.1) is 5.92 Å². The topological polar surface area (TPSA) is 28.6 Å². The van der Waals surface area contributed by atoms with Gasteiger partial charge in [-0.15, -0.1) is 0 Å². The molecule has 1 saturated heterocycles. The number of aromatic nitrogens is 1. The van der Waals surface area contributed by atoms with Gasteiger partial charge in [0, 0.05) is 43.2 Å². The zero-order valence-corrected chi connectivity index (χ0v) is 14.6. The number of para-hydroxylation sites is 1. The number of rotatable bonds is 4. The summed E-state index contributed by atoms with van der Waals surface area (Å²) in [6.45, 7) is 8.86. The van der Waals surface area contributed by atoms with Crippen LogP contribution < -0.4 is 4.74 Å². The van der Waals surface area contributed by atoms with E-state index < -0.39 is 0 Å². The van der Waals surface area contributed by atoms with Crippen LogP contribution in [0.2, 0.25) is 0 Å². The lowest BCUT2D eigenvalue weighted by molar-refractivity contribution is 0.0564. The average molecular weight is 313 g/mol. The maximum absolute atomic E-state index is 5.56. The van der Waals surface area contributed by atoms with Crippen LogP contribution in [0.3, 0.4) is 0 Å². The molecule has 1 aromatic heterocycles. The molecule has 1 fully saturated rings. The molecule has 1 atom stereocenters. The van der Waals surface area contributed by atoms with E-state index in [-0.39, 0.29) is 0 Å². The number of ether oxygens (including phenoxy) is 1. The summed E-state index contributed by atoms with van der Waals surface area (Å²) in [5.74, 6) is 1.39. The predicted octanol–water partition coefficient (Wildman–Crippen LogP) is 3.02. The quantitative estimate of drug-likeness (QED) is 0.867. The van der Waals surface area contributed by atoms with Crippen LogP contribution >= 0.6 is 0 Å². The number of benzene rings is 1. The molecule has 0 aliphatic carbocycles. The number of fused-ring (bicyclic) bond motifs is 1. The van der Waals surface area contributed by atoms with E-state index in [0.717, 1.165) is 37.6 Å². The molecule has 2 heterocycles. The standard InChI is InChI=1S/C19H27N3O/c1-14(2)18-13-21(3)9-10-22(18)12-16-11-15-7-5-6-8-17(15)20-19(16)23-4/h5-8,11,14,18H,9-10,12-13H2,1-4H3/t18-/m0/s1. The maximum atomic E-state index is 5.56. The van der Waals surface area contributed by atoms with Crippen molar-refractivity contribution in [2.24, 2.45) is 5.92 Å². The number of hydrogen-bond acceptors (Lipinski definition) is 4. The third-order valence-corrected chi connectivity index (χ3v) is 4.84. The lowest BCUT2D eigenvalue weighted by atomic mass is 9.99. The predicted molar refractivity (Wildman–Crippen MR) is 94.8 cm³/mol. The van der Waals surface area contributed by atoms with Gasteiger partial charge in [0.15, 0.2) is 0 Å². The summed E-state index contributed by atoms with van der Waals surface area (Å²) in [5, 5.41) is 1.18. The summed E-state index contributed by atoms with van der Waals surface area (Å²) in [4.78, 5) is 9.69. The van der Waals surface area contributed by atoms with Gasteiger partial charge in [-0.25, -0.2) is 4.98 Å². The Labute approximate surface area is 139 Å². The fraction of sp³-hybridized carbons (Fsp3) is 0.526. The van der Waals surface area contributed by atoms with Crippen LogP contribution in [0.15, 0.2) is 30.3 Å². The van der Waals surface area contributed by atoms with Crippen LogP contribution in [-0.2, 0) is 6.54 Å². The van der Waals surface area contributed by atoms with Gasteiger partial charge in [0.2, 0.25) is 5.88 Å². The number of methoxy groups -OCH3 is 1. The fourth-order valence-corrected chi connectivity index (χ4v) is 3.47. The van der Waals surface area contributed by atoms with E-state index in [4.69, 9.17) is 4.74 Å². The van der Waals surface area contributed by atoms with Crippen molar-refractivity contribution in [3.63, 3.8) is 0 Å². The van der Waals surface area contributed by atoms with Crippen molar-refractivity contribution < 1.29 is 4.74 Å². The van der Waals surface area contributed by atoms with Gasteiger partial charge in [-0.3, -0.25) is 4.90 Å². The number of likely N-dealkylation sites (N-methyl/N-ethyl adjacent to an activating group) is 1. The molecule has 0 radical (unpaired) electrons. The van der Waals surface area contributed by atoms with Crippen LogP contribution in [0.5, 0.6) is 5.88 Å². The minimum Gasteiger partial charge on any atom is -0.481 e. The van der Waals surface area contributed by atoms with Crippen molar-refractivity contribution >= 4 is 10.9 Å². The highest BCUT2D eigenvalue weighted by molar-refractivity contribution is 5.80. The van der Waals surface area contributed by atoms with Crippen molar-refractivity contribution in [3.05, 3.63) is 35.9 Å². The summed E-state index contributed by atoms with van der Waals surface area (Å²) >= 11 is 0. The summed E-state index contributed by atoms with van der Waals surface area (Å²) in [5.41, 5.74) is 2.17. The Morgan fingerprint density at radius 2 is 2.04 bits per heavy atom. The van der Waals surface area contributed by atoms with Crippen molar-refractivity contribution in [3.8, 4) is 5.88 Å². The third-order valence-electron chi connectivity index (χ3n) is 4.84. The number of hydrogen-bond donors (Lipinski definition) is 0. The minimum absolute atomic E-state index is 0.574. The van der Waals surface area contributed by atoms with Crippen molar-refractivity contribution in [1.82, 2.24) is 14.8 Å². The van der Waals surface area contributed by atoms with Gasteiger partial charge in [0.05, 0.1) is 12.6 Å². The van der Waals surface area contributed by atoms with Crippen LogP contribution in [0.25, 0.3) is 10.9 Å². The largest absolute Gasteiger partial charge is 0.481 e. The highest BCUT2D eigenvalue weighted by atomic mass is 16.5. The highest BCUT2D eigenvalue weighted by Crippen LogP contribution is 2.26. The van der Waals surface area contributed by atoms with Gasteiger partial charge in [0.1, 0.15) is 0 Å². The molecule has 0 saturated carbocycles. The van der Waals surface area contributed by atoms with Crippen LogP contribution in [0.1, 0.15) is 19.4 Å². The molecule has 23 heavy (non-hydrogen) atoms. The van der Waals surface area contributed by atoms with E-state index in [1.54, 1.807) is 7.11 Å². The van der Waals surface area contributed by atoms with E-state index in [1.807, 2.05) is 12.1 Å². The van der Waals surface area contributed by atoms with Gasteiger partial charge in [-0.05, 0) is 25.1 Å². The van der Waals surface area contributed by atoms with Gasteiger partial charge in [-0.1, -0.05) is 32.0 Å². The van der Waals surface area contributed by atoms with Gasteiger partial charge >= 0.3 is 0 Å². The average Bonchev–Trinajstić information content (AvgIpc) is 2.55. The second kappa shape index (κ2) is 6.85. The van der Waals surface area contributed by atoms with E-state index >= 15 is 0 Å². The smallest absolute Gasteiger partial charge is 0.218 e.